The Bertz CT molecular complexity index is 436. The number of piperidine rings is 1. The van der Waals surface area contributed by atoms with Crippen molar-refractivity contribution < 1.29 is 4.92 Å². The number of nitro groups is 1. The molecule has 1 heterocycles. The smallest absolute Gasteiger partial charge is 0.272 e. The van der Waals surface area contributed by atoms with Crippen LogP contribution in [0.3, 0.4) is 0 Å². The van der Waals surface area contributed by atoms with E-state index in [1.165, 1.54) is 12.8 Å². The molecule has 104 valence electrons. The lowest BCUT2D eigenvalue weighted by molar-refractivity contribution is -0.385. The van der Waals surface area contributed by atoms with E-state index in [2.05, 4.69) is 10.2 Å². The normalized spacial score (nSPS) is 20.4. The van der Waals surface area contributed by atoms with Gasteiger partial charge in [0.15, 0.2) is 0 Å². The van der Waals surface area contributed by atoms with Gasteiger partial charge in [0.2, 0.25) is 0 Å². The van der Waals surface area contributed by atoms with Crippen LogP contribution in [0.25, 0.3) is 0 Å². The molecule has 1 N–H and O–H groups in total. The molecule has 1 aromatic carbocycles. The Kier molecular flexibility index (Phi) is 4.87. The van der Waals surface area contributed by atoms with Crippen LogP contribution in [0.5, 0.6) is 0 Å². The van der Waals surface area contributed by atoms with Crippen molar-refractivity contribution in [2.75, 3.05) is 26.7 Å². The molecule has 1 fully saturated rings. The Balaban J connectivity index is 1.93. The van der Waals surface area contributed by atoms with Crippen LogP contribution in [-0.4, -0.2) is 42.5 Å². The summed E-state index contributed by atoms with van der Waals surface area (Å²) < 4.78 is 0. The van der Waals surface area contributed by atoms with Crippen molar-refractivity contribution in [2.24, 2.45) is 0 Å². The van der Waals surface area contributed by atoms with E-state index >= 15 is 0 Å². The van der Waals surface area contributed by atoms with E-state index in [1.807, 2.05) is 19.2 Å². The molecular weight excluding hydrogens is 242 g/mol. The van der Waals surface area contributed by atoms with Gasteiger partial charge in [-0.1, -0.05) is 18.2 Å². The van der Waals surface area contributed by atoms with E-state index in [4.69, 9.17) is 0 Å². The summed E-state index contributed by atoms with van der Waals surface area (Å²) in [7, 11) is 2.00. The molecule has 0 spiro atoms. The van der Waals surface area contributed by atoms with Gasteiger partial charge in [-0.2, -0.15) is 0 Å². The Morgan fingerprint density at radius 1 is 1.47 bits per heavy atom. The number of rotatable bonds is 5. The Morgan fingerprint density at radius 3 is 3.00 bits per heavy atom. The highest BCUT2D eigenvalue weighted by Gasteiger charge is 2.19. The van der Waals surface area contributed by atoms with Gasteiger partial charge in [0.05, 0.1) is 4.92 Å². The fraction of sp³-hybridized carbons (Fsp3) is 0.571. The van der Waals surface area contributed by atoms with E-state index in [-0.39, 0.29) is 10.6 Å². The second kappa shape index (κ2) is 6.63. The summed E-state index contributed by atoms with van der Waals surface area (Å²) in [5.74, 6) is 0. The first-order chi connectivity index (χ1) is 9.20. The van der Waals surface area contributed by atoms with Gasteiger partial charge < -0.3 is 10.2 Å². The number of nitro benzene ring substituents is 1. The second-order valence-electron chi connectivity index (χ2n) is 5.06. The molecule has 1 aliphatic rings. The van der Waals surface area contributed by atoms with Crippen LogP contribution in [0.1, 0.15) is 18.4 Å². The van der Waals surface area contributed by atoms with Gasteiger partial charge in [0.1, 0.15) is 0 Å². The molecule has 1 aromatic rings. The molecule has 2 rings (SSSR count). The standard InChI is InChI=1S/C14H21N3O2/c1-15-13-6-4-9-16(11-13)10-8-12-5-2-3-7-14(12)17(18)19/h2-3,5,7,13,15H,4,6,8-11H2,1H3. The van der Waals surface area contributed by atoms with Crippen molar-refractivity contribution >= 4 is 5.69 Å². The van der Waals surface area contributed by atoms with Crippen LogP contribution in [-0.2, 0) is 6.42 Å². The maximum absolute atomic E-state index is 11.0. The summed E-state index contributed by atoms with van der Waals surface area (Å²) in [6.07, 6.45) is 3.16. The predicted octanol–water partition coefficient (Wildman–Crippen LogP) is 1.82. The Labute approximate surface area is 113 Å². The Hall–Kier alpha value is -1.46. The van der Waals surface area contributed by atoms with Gasteiger partial charge in [-0.05, 0) is 32.9 Å². The zero-order valence-corrected chi connectivity index (χ0v) is 11.3. The van der Waals surface area contributed by atoms with Crippen molar-refractivity contribution in [1.29, 1.82) is 0 Å². The van der Waals surface area contributed by atoms with Crippen molar-refractivity contribution in [3.05, 3.63) is 39.9 Å². The fourth-order valence-corrected chi connectivity index (χ4v) is 2.67. The molecule has 0 saturated carbocycles. The molecule has 0 bridgehead atoms. The van der Waals surface area contributed by atoms with Crippen molar-refractivity contribution in [3.8, 4) is 0 Å². The summed E-state index contributed by atoms with van der Waals surface area (Å²) in [6.45, 7) is 3.03. The molecule has 5 heteroatoms. The van der Waals surface area contributed by atoms with Crippen LogP contribution in [0.2, 0.25) is 0 Å². The summed E-state index contributed by atoms with van der Waals surface area (Å²) in [4.78, 5) is 13.1. The SMILES string of the molecule is CNC1CCCN(CCc2ccccc2[N+](=O)[O-])C1. The molecular formula is C14H21N3O2. The first-order valence-electron chi connectivity index (χ1n) is 6.82. The maximum atomic E-state index is 11.0. The number of benzene rings is 1. The molecule has 1 unspecified atom stereocenters. The number of para-hydroxylation sites is 1. The van der Waals surface area contributed by atoms with Gasteiger partial charge in [-0.3, -0.25) is 10.1 Å². The number of hydrogen-bond acceptors (Lipinski definition) is 4. The van der Waals surface area contributed by atoms with E-state index < -0.39 is 0 Å². The molecule has 0 amide bonds. The zero-order chi connectivity index (χ0) is 13.7. The largest absolute Gasteiger partial charge is 0.316 e. The number of likely N-dealkylation sites (N-methyl/N-ethyl adjacent to an activating group) is 1. The minimum absolute atomic E-state index is 0.240. The third kappa shape index (κ3) is 3.75. The highest BCUT2D eigenvalue weighted by atomic mass is 16.6. The third-order valence-electron chi connectivity index (χ3n) is 3.80. The molecule has 19 heavy (non-hydrogen) atoms. The van der Waals surface area contributed by atoms with Gasteiger partial charge in [-0.25, -0.2) is 0 Å². The lowest BCUT2D eigenvalue weighted by Gasteiger charge is -2.32. The summed E-state index contributed by atoms with van der Waals surface area (Å²) in [5.41, 5.74) is 1.07. The number of hydrogen-bond donors (Lipinski definition) is 1. The van der Waals surface area contributed by atoms with Crippen LogP contribution >= 0.6 is 0 Å². The average Bonchev–Trinajstić information content (AvgIpc) is 2.45. The summed E-state index contributed by atoms with van der Waals surface area (Å²) >= 11 is 0. The zero-order valence-electron chi connectivity index (χ0n) is 11.3. The lowest BCUT2D eigenvalue weighted by Crippen LogP contribution is -2.44. The summed E-state index contributed by atoms with van der Waals surface area (Å²) in [5, 5.41) is 14.3. The highest BCUT2D eigenvalue weighted by Crippen LogP contribution is 2.19. The molecule has 0 aromatic heterocycles. The molecule has 0 aliphatic carbocycles. The van der Waals surface area contributed by atoms with Crippen molar-refractivity contribution in [2.45, 2.75) is 25.3 Å². The molecule has 1 saturated heterocycles. The van der Waals surface area contributed by atoms with Gasteiger partial charge in [0, 0.05) is 30.8 Å². The number of nitrogens with zero attached hydrogens (tertiary/aromatic N) is 2. The summed E-state index contributed by atoms with van der Waals surface area (Å²) in [6, 6.07) is 7.59. The van der Waals surface area contributed by atoms with Gasteiger partial charge >= 0.3 is 0 Å². The predicted molar refractivity (Wildman–Crippen MR) is 75.3 cm³/mol. The van der Waals surface area contributed by atoms with E-state index in [0.717, 1.165) is 31.6 Å². The molecule has 0 radical (unpaired) electrons. The van der Waals surface area contributed by atoms with Crippen molar-refractivity contribution in [1.82, 2.24) is 10.2 Å². The second-order valence-corrected chi connectivity index (χ2v) is 5.06. The minimum atomic E-state index is -0.290. The van der Waals surface area contributed by atoms with Crippen LogP contribution < -0.4 is 5.32 Å². The molecule has 1 atom stereocenters. The van der Waals surface area contributed by atoms with Crippen LogP contribution in [0.4, 0.5) is 5.69 Å². The van der Waals surface area contributed by atoms with E-state index in [9.17, 15) is 10.1 Å². The monoisotopic (exact) mass is 263 g/mol. The number of likely N-dealkylation sites (tertiary alicyclic amines) is 1. The van der Waals surface area contributed by atoms with Crippen molar-refractivity contribution in [3.63, 3.8) is 0 Å². The Morgan fingerprint density at radius 2 is 2.26 bits per heavy atom. The lowest BCUT2D eigenvalue weighted by atomic mass is 10.0. The van der Waals surface area contributed by atoms with Gasteiger partial charge in [0.25, 0.3) is 5.69 Å². The highest BCUT2D eigenvalue weighted by molar-refractivity contribution is 5.39. The third-order valence-corrected chi connectivity index (χ3v) is 3.80. The fourth-order valence-electron chi connectivity index (χ4n) is 2.67. The van der Waals surface area contributed by atoms with Crippen LogP contribution in [0.15, 0.2) is 24.3 Å². The van der Waals surface area contributed by atoms with E-state index in [0.29, 0.717) is 6.04 Å². The average molecular weight is 263 g/mol. The first kappa shape index (κ1) is 14.0. The van der Waals surface area contributed by atoms with E-state index in [1.54, 1.807) is 12.1 Å². The van der Waals surface area contributed by atoms with Gasteiger partial charge in [-0.15, -0.1) is 0 Å². The molecule has 5 nitrogen and oxygen atoms in total. The molecule has 1 aliphatic heterocycles. The first-order valence-corrected chi connectivity index (χ1v) is 6.82. The van der Waals surface area contributed by atoms with Crippen LogP contribution in [0, 0.1) is 10.1 Å². The maximum Gasteiger partial charge on any atom is 0.272 e. The number of nitrogens with one attached hydrogen (secondary N) is 1. The topological polar surface area (TPSA) is 58.4 Å². The minimum Gasteiger partial charge on any atom is -0.316 e. The quantitative estimate of drug-likeness (QED) is 0.650.